The standard InChI is InChI=1S/C25H24ClN5O7S2/c1-35-18-9-14(10-19(36-2)22(18)37-3)13-39-20-12-17(26)16(11-21(20)40(33,34)31-25(27)30-32)24-29-28-23(38-24)15-7-5-4-6-8-15/h4-12,32H,13H2,1-3H3,(H3,27,30,31). The molecule has 0 bridgehead atoms. The largest absolute Gasteiger partial charge is 0.493 e. The Labute approximate surface area is 239 Å². The fourth-order valence-electron chi connectivity index (χ4n) is 3.62. The molecule has 4 rings (SSSR count). The number of hydrogen-bond acceptors (Lipinski definition) is 10. The smallest absolute Gasteiger partial charge is 0.286 e. The summed E-state index contributed by atoms with van der Waals surface area (Å²) in [6.45, 7) is 0. The second-order valence-electron chi connectivity index (χ2n) is 7.94. The monoisotopic (exact) mass is 605 g/mol. The number of nitrogens with one attached hydrogen (secondary N) is 1. The summed E-state index contributed by atoms with van der Waals surface area (Å²) in [6.07, 6.45) is 0. The zero-order valence-corrected chi connectivity index (χ0v) is 23.8. The van der Waals surface area contributed by atoms with E-state index < -0.39 is 16.0 Å². The van der Waals surface area contributed by atoms with E-state index >= 15 is 0 Å². The van der Waals surface area contributed by atoms with E-state index in [1.807, 2.05) is 18.2 Å². The van der Waals surface area contributed by atoms with Gasteiger partial charge in [-0.05, 0) is 42.0 Å². The predicted molar refractivity (Wildman–Crippen MR) is 150 cm³/mol. The topological polar surface area (TPSA) is 171 Å². The van der Waals surface area contributed by atoms with Crippen LogP contribution in [-0.4, -0.2) is 51.1 Å². The zero-order chi connectivity index (χ0) is 28.9. The Morgan fingerprint density at radius 2 is 1.70 bits per heavy atom. The summed E-state index contributed by atoms with van der Waals surface area (Å²) in [5, 5.41) is 17.3. The summed E-state index contributed by atoms with van der Waals surface area (Å²) in [5.74, 6) is 1.09. The van der Waals surface area contributed by atoms with E-state index in [-0.39, 0.29) is 37.9 Å². The number of halogens is 1. The Kier molecular flexibility index (Phi) is 9.04. The van der Waals surface area contributed by atoms with Crippen molar-refractivity contribution in [3.8, 4) is 40.2 Å². The van der Waals surface area contributed by atoms with Gasteiger partial charge in [-0.25, -0.2) is 5.48 Å². The van der Waals surface area contributed by atoms with Gasteiger partial charge < -0.3 is 24.4 Å². The Balaban J connectivity index is 1.77. The molecule has 0 amide bonds. The summed E-state index contributed by atoms with van der Waals surface area (Å²) in [4.78, 5) is 0.00166. The van der Waals surface area contributed by atoms with Gasteiger partial charge in [0, 0.05) is 16.2 Å². The van der Waals surface area contributed by atoms with Crippen LogP contribution in [-0.2, 0) is 15.8 Å². The van der Waals surface area contributed by atoms with Crippen LogP contribution in [0.5, 0.6) is 17.2 Å². The van der Waals surface area contributed by atoms with E-state index in [0.717, 1.165) is 17.3 Å². The molecule has 0 aliphatic heterocycles. The van der Waals surface area contributed by atoms with Gasteiger partial charge in [0.15, 0.2) is 11.5 Å². The molecule has 12 nitrogen and oxygen atoms in total. The van der Waals surface area contributed by atoms with Gasteiger partial charge >= 0.3 is 0 Å². The quantitative estimate of drug-likeness (QED) is 0.101. The number of nitrogens with two attached hydrogens (primary N) is 1. The second-order valence-corrected chi connectivity index (χ2v) is 10.9. The number of thioether (sulfide) groups is 1. The summed E-state index contributed by atoms with van der Waals surface area (Å²) in [5.41, 5.74) is 8.55. The number of benzene rings is 3. The van der Waals surface area contributed by atoms with E-state index in [2.05, 4.69) is 14.6 Å². The first kappa shape index (κ1) is 29.0. The highest BCUT2D eigenvalue weighted by atomic mass is 35.5. The fraction of sp³-hybridized carbons (Fsp3) is 0.160. The van der Waals surface area contributed by atoms with Crippen LogP contribution in [0.4, 0.5) is 0 Å². The SMILES string of the molecule is COc1cc(CSc2cc(Cl)c(-c3nnc(-c4ccccc4)o3)cc2S(=O)(=O)/N=C(\N)NO)cc(OC)c1OC. The molecule has 0 fully saturated rings. The Hall–Kier alpha value is -3.98. The van der Waals surface area contributed by atoms with Crippen molar-refractivity contribution in [2.75, 3.05) is 21.3 Å². The second kappa shape index (κ2) is 12.5. The van der Waals surface area contributed by atoms with E-state index in [9.17, 15) is 8.42 Å². The lowest BCUT2D eigenvalue weighted by atomic mass is 10.2. The summed E-state index contributed by atoms with van der Waals surface area (Å²) >= 11 is 7.74. The van der Waals surface area contributed by atoms with Gasteiger partial charge in [-0.1, -0.05) is 29.8 Å². The molecule has 40 heavy (non-hydrogen) atoms. The molecule has 0 atom stereocenters. The van der Waals surface area contributed by atoms with Crippen molar-refractivity contribution in [2.45, 2.75) is 15.5 Å². The number of hydrogen-bond donors (Lipinski definition) is 3. The lowest BCUT2D eigenvalue weighted by molar-refractivity contribution is 0.233. The average Bonchev–Trinajstić information content (AvgIpc) is 3.45. The van der Waals surface area contributed by atoms with Crippen LogP contribution >= 0.6 is 23.4 Å². The normalized spacial score (nSPS) is 11.8. The van der Waals surface area contributed by atoms with Crippen molar-refractivity contribution in [2.24, 2.45) is 10.1 Å². The van der Waals surface area contributed by atoms with Crippen molar-refractivity contribution in [1.82, 2.24) is 15.7 Å². The highest BCUT2D eigenvalue weighted by Crippen LogP contribution is 2.42. The third-order valence-electron chi connectivity index (χ3n) is 5.44. The van der Waals surface area contributed by atoms with Crippen LogP contribution in [0.25, 0.3) is 22.9 Å². The average molecular weight is 606 g/mol. The molecule has 0 saturated carbocycles. The van der Waals surface area contributed by atoms with Gasteiger partial charge in [0.2, 0.25) is 23.5 Å². The summed E-state index contributed by atoms with van der Waals surface area (Å²) in [7, 11) is 0.0529. The highest BCUT2D eigenvalue weighted by molar-refractivity contribution is 7.99. The van der Waals surface area contributed by atoms with Gasteiger partial charge in [-0.15, -0.1) is 26.4 Å². The lowest BCUT2D eigenvalue weighted by Gasteiger charge is -2.15. The van der Waals surface area contributed by atoms with Crippen LogP contribution in [0.3, 0.4) is 0 Å². The molecular weight excluding hydrogens is 582 g/mol. The molecule has 4 N–H and O–H groups in total. The zero-order valence-electron chi connectivity index (χ0n) is 21.4. The number of rotatable bonds is 10. The number of hydroxylamine groups is 1. The van der Waals surface area contributed by atoms with Crippen molar-refractivity contribution in [1.29, 1.82) is 0 Å². The highest BCUT2D eigenvalue weighted by Gasteiger charge is 2.25. The predicted octanol–water partition coefficient (Wildman–Crippen LogP) is 4.36. The number of ether oxygens (including phenoxy) is 3. The molecular formula is C25H24ClN5O7S2. The third kappa shape index (κ3) is 6.25. The van der Waals surface area contributed by atoms with Crippen molar-refractivity contribution >= 4 is 39.3 Å². The molecule has 4 aromatic rings. The molecule has 0 unspecified atom stereocenters. The number of aromatic nitrogens is 2. The Bertz CT molecular complexity index is 1620. The van der Waals surface area contributed by atoms with Gasteiger partial charge in [0.25, 0.3) is 10.0 Å². The Morgan fingerprint density at radius 1 is 1.05 bits per heavy atom. The molecule has 1 heterocycles. The first-order chi connectivity index (χ1) is 19.2. The molecule has 0 saturated heterocycles. The first-order valence-electron chi connectivity index (χ1n) is 11.4. The molecule has 3 aromatic carbocycles. The van der Waals surface area contributed by atoms with Crippen molar-refractivity contribution in [3.05, 3.63) is 65.2 Å². The molecule has 0 spiro atoms. The Morgan fingerprint density at radius 3 is 2.30 bits per heavy atom. The number of sulfonamides is 1. The van der Waals surface area contributed by atoms with E-state index in [0.29, 0.717) is 22.8 Å². The van der Waals surface area contributed by atoms with E-state index in [1.54, 1.807) is 24.3 Å². The van der Waals surface area contributed by atoms with Crippen LogP contribution in [0, 0.1) is 0 Å². The molecule has 0 aliphatic carbocycles. The van der Waals surface area contributed by atoms with Gasteiger partial charge in [0.05, 0.1) is 31.9 Å². The van der Waals surface area contributed by atoms with Gasteiger partial charge in [-0.3, -0.25) is 5.21 Å². The fourth-order valence-corrected chi connectivity index (χ4v) is 6.29. The summed E-state index contributed by atoms with van der Waals surface area (Å²) in [6, 6.07) is 15.3. The van der Waals surface area contributed by atoms with Gasteiger partial charge in [-0.2, -0.15) is 8.42 Å². The minimum absolute atomic E-state index is 0.00119. The van der Waals surface area contributed by atoms with Crippen LogP contribution in [0.1, 0.15) is 5.56 Å². The maximum Gasteiger partial charge on any atom is 0.286 e. The summed E-state index contributed by atoms with van der Waals surface area (Å²) < 4.78 is 51.9. The first-order valence-corrected chi connectivity index (χ1v) is 14.2. The van der Waals surface area contributed by atoms with Crippen molar-refractivity contribution < 1.29 is 32.3 Å². The van der Waals surface area contributed by atoms with E-state index in [1.165, 1.54) is 38.9 Å². The number of methoxy groups -OCH3 is 3. The van der Waals surface area contributed by atoms with E-state index in [4.69, 9.17) is 41.2 Å². The third-order valence-corrected chi connectivity index (χ3v) is 8.34. The molecule has 15 heteroatoms. The minimum Gasteiger partial charge on any atom is -0.493 e. The van der Waals surface area contributed by atoms with Crippen LogP contribution in [0.15, 0.2) is 73.2 Å². The molecule has 0 aliphatic rings. The maximum atomic E-state index is 13.2. The number of nitrogens with zero attached hydrogens (tertiary/aromatic N) is 3. The molecule has 0 radical (unpaired) electrons. The van der Waals surface area contributed by atoms with Crippen LogP contribution in [0.2, 0.25) is 5.02 Å². The molecule has 1 aromatic heterocycles. The maximum absolute atomic E-state index is 13.2. The lowest BCUT2D eigenvalue weighted by Crippen LogP contribution is -2.29. The van der Waals surface area contributed by atoms with Gasteiger partial charge in [0.1, 0.15) is 4.90 Å². The number of guanidine groups is 1. The van der Waals surface area contributed by atoms with Crippen LogP contribution < -0.4 is 25.4 Å². The van der Waals surface area contributed by atoms with Crippen molar-refractivity contribution in [3.63, 3.8) is 0 Å². The molecule has 210 valence electrons. The minimum atomic E-state index is -4.43.